The van der Waals surface area contributed by atoms with E-state index in [2.05, 4.69) is 45.8 Å². The lowest BCUT2D eigenvalue weighted by Crippen LogP contribution is -2.24. The van der Waals surface area contributed by atoms with E-state index < -0.39 is 0 Å². The number of carbonyl (C=O) groups excluding carboxylic acids is 1. The van der Waals surface area contributed by atoms with Crippen LogP contribution >= 0.6 is 0 Å². The normalized spacial score (nSPS) is 11.1. The Balaban J connectivity index is 1.16. The molecule has 0 fully saturated rings. The van der Waals surface area contributed by atoms with Crippen LogP contribution in [0.2, 0.25) is 0 Å². The fraction of sp³-hybridized carbons (Fsp3) is 0.100. The highest BCUT2D eigenvalue weighted by Crippen LogP contribution is 2.29. The molecule has 7 heteroatoms. The Morgan fingerprint density at radius 1 is 0.838 bits per heavy atom. The lowest BCUT2D eigenvalue weighted by Gasteiger charge is -2.12. The maximum atomic E-state index is 12.2. The minimum absolute atomic E-state index is 0.183. The van der Waals surface area contributed by atoms with Crippen LogP contribution in [0.15, 0.2) is 102 Å². The van der Waals surface area contributed by atoms with Crippen molar-refractivity contribution in [2.45, 2.75) is 6.61 Å². The first-order chi connectivity index (χ1) is 18.2. The third-order valence-corrected chi connectivity index (χ3v) is 5.75. The van der Waals surface area contributed by atoms with Gasteiger partial charge in [-0.3, -0.25) is 9.78 Å². The molecule has 0 unspecified atom stereocenters. The molecule has 0 aliphatic carbocycles. The minimum atomic E-state index is -0.383. The van der Waals surface area contributed by atoms with Gasteiger partial charge in [0.1, 0.15) is 17.9 Å². The zero-order chi connectivity index (χ0) is 25.5. The Morgan fingerprint density at radius 2 is 1.68 bits per heavy atom. The highest BCUT2D eigenvalue weighted by Gasteiger charge is 2.08. The molecule has 0 atom stereocenters. The van der Waals surface area contributed by atoms with Crippen molar-refractivity contribution in [2.24, 2.45) is 5.10 Å². The van der Waals surface area contributed by atoms with E-state index in [0.717, 1.165) is 16.5 Å². The van der Waals surface area contributed by atoms with Crippen LogP contribution in [0.5, 0.6) is 17.2 Å². The second kappa shape index (κ2) is 11.2. The molecule has 5 aromatic rings. The first kappa shape index (κ1) is 23.8. The number of nitrogens with one attached hydrogen (secondary N) is 1. The summed E-state index contributed by atoms with van der Waals surface area (Å²) in [4.78, 5) is 16.5. The van der Waals surface area contributed by atoms with E-state index in [1.54, 1.807) is 25.4 Å². The maximum absolute atomic E-state index is 12.2. The van der Waals surface area contributed by atoms with E-state index in [-0.39, 0.29) is 12.5 Å². The van der Waals surface area contributed by atoms with Crippen molar-refractivity contribution in [2.75, 3.05) is 13.7 Å². The van der Waals surface area contributed by atoms with E-state index >= 15 is 0 Å². The fourth-order valence-corrected chi connectivity index (χ4v) is 3.92. The molecule has 5 rings (SSSR count). The first-order valence-corrected chi connectivity index (χ1v) is 11.8. The topological polar surface area (TPSA) is 82.0 Å². The first-order valence-electron chi connectivity index (χ1n) is 11.8. The second-order valence-corrected chi connectivity index (χ2v) is 8.29. The van der Waals surface area contributed by atoms with Crippen LogP contribution in [0, 0.1) is 0 Å². The Labute approximate surface area is 214 Å². The van der Waals surface area contributed by atoms with Crippen LogP contribution in [0.1, 0.15) is 11.1 Å². The number of para-hydroxylation sites is 1. The average Bonchev–Trinajstić information content (AvgIpc) is 2.95. The summed E-state index contributed by atoms with van der Waals surface area (Å²) in [5, 5.41) is 7.33. The van der Waals surface area contributed by atoms with Gasteiger partial charge in [-0.15, -0.1) is 0 Å². The van der Waals surface area contributed by atoms with Crippen molar-refractivity contribution in [3.05, 3.63) is 108 Å². The van der Waals surface area contributed by atoms with Gasteiger partial charge in [-0.05, 0) is 58.3 Å². The van der Waals surface area contributed by atoms with Crippen molar-refractivity contribution >= 4 is 33.8 Å². The van der Waals surface area contributed by atoms with Crippen molar-refractivity contribution in [1.82, 2.24) is 10.4 Å². The third-order valence-electron chi connectivity index (χ3n) is 5.75. The summed E-state index contributed by atoms with van der Waals surface area (Å²) in [6, 6.07) is 29.3. The molecule has 1 N–H and O–H groups in total. The molecule has 0 radical (unpaired) electrons. The van der Waals surface area contributed by atoms with E-state index in [1.165, 1.54) is 17.0 Å². The number of methoxy groups -OCH3 is 1. The standard InChI is InChI=1S/C30H25N3O4/c1-35-28-17-21(12-14-26(28)36-19-22-11-13-23-6-2-3-7-25(23)16-22)18-32-33-29(34)20-37-27-10-4-8-24-9-5-15-31-30(24)27/h2-18H,19-20H2,1H3,(H,33,34)/b32-18+. The van der Waals surface area contributed by atoms with Crippen LogP contribution < -0.4 is 19.6 Å². The molecule has 1 aromatic heterocycles. The number of hydrogen-bond donors (Lipinski definition) is 1. The number of hydrazone groups is 1. The van der Waals surface area contributed by atoms with Crippen molar-refractivity contribution < 1.29 is 19.0 Å². The molecular weight excluding hydrogens is 466 g/mol. The van der Waals surface area contributed by atoms with E-state index in [1.807, 2.05) is 48.5 Å². The lowest BCUT2D eigenvalue weighted by molar-refractivity contribution is -0.123. The molecule has 37 heavy (non-hydrogen) atoms. The molecule has 0 aliphatic rings. The van der Waals surface area contributed by atoms with Gasteiger partial charge in [-0.2, -0.15) is 5.10 Å². The number of rotatable bonds is 9. The van der Waals surface area contributed by atoms with Gasteiger partial charge in [0.2, 0.25) is 0 Å². The highest BCUT2D eigenvalue weighted by molar-refractivity contribution is 5.86. The SMILES string of the molecule is COc1cc(/C=N/NC(=O)COc2cccc3cccnc23)ccc1OCc1ccc2ccccc2c1. The minimum Gasteiger partial charge on any atom is -0.493 e. The van der Waals surface area contributed by atoms with Crippen molar-refractivity contribution in [3.63, 3.8) is 0 Å². The van der Waals surface area contributed by atoms with E-state index in [9.17, 15) is 4.79 Å². The van der Waals surface area contributed by atoms with Gasteiger partial charge < -0.3 is 14.2 Å². The number of ether oxygens (including phenoxy) is 3. The molecule has 1 amide bonds. The van der Waals surface area contributed by atoms with Gasteiger partial charge in [0, 0.05) is 11.6 Å². The third kappa shape index (κ3) is 5.85. The summed E-state index contributed by atoms with van der Waals surface area (Å²) in [5.74, 6) is 1.35. The molecule has 0 saturated heterocycles. The smallest absolute Gasteiger partial charge is 0.277 e. The second-order valence-electron chi connectivity index (χ2n) is 8.29. The number of amides is 1. The number of hydrogen-bond acceptors (Lipinski definition) is 6. The lowest BCUT2D eigenvalue weighted by atomic mass is 10.1. The summed E-state index contributed by atoms with van der Waals surface area (Å²) in [6.45, 7) is 0.231. The van der Waals surface area contributed by atoms with Crippen LogP contribution in [-0.2, 0) is 11.4 Å². The summed E-state index contributed by atoms with van der Waals surface area (Å²) in [5.41, 5.74) is 4.99. The van der Waals surface area contributed by atoms with Crippen LogP contribution in [0.3, 0.4) is 0 Å². The van der Waals surface area contributed by atoms with Gasteiger partial charge in [-0.25, -0.2) is 5.43 Å². The Bertz CT molecular complexity index is 1580. The molecule has 184 valence electrons. The van der Waals surface area contributed by atoms with Gasteiger partial charge >= 0.3 is 0 Å². The molecule has 4 aromatic carbocycles. The molecule has 0 aliphatic heterocycles. The van der Waals surface area contributed by atoms with E-state index in [0.29, 0.717) is 29.4 Å². The van der Waals surface area contributed by atoms with Crippen LogP contribution in [0.4, 0.5) is 0 Å². The van der Waals surface area contributed by atoms with Crippen LogP contribution in [0.25, 0.3) is 21.7 Å². The zero-order valence-corrected chi connectivity index (χ0v) is 20.3. The van der Waals surface area contributed by atoms with Crippen molar-refractivity contribution in [3.8, 4) is 17.2 Å². The molecule has 0 bridgehead atoms. The summed E-state index contributed by atoms with van der Waals surface area (Å²) in [7, 11) is 1.58. The maximum Gasteiger partial charge on any atom is 0.277 e. The molecule has 7 nitrogen and oxygen atoms in total. The summed E-state index contributed by atoms with van der Waals surface area (Å²) < 4.78 is 17.1. The monoisotopic (exact) mass is 491 g/mol. The molecular formula is C30H25N3O4. The highest BCUT2D eigenvalue weighted by atomic mass is 16.5. The quantitative estimate of drug-likeness (QED) is 0.217. The van der Waals surface area contributed by atoms with Gasteiger partial charge in [0.25, 0.3) is 5.91 Å². The molecule has 0 spiro atoms. The van der Waals surface area contributed by atoms with E-state index in [4.69, 9.17) is 14.2 Å². The predicted molar refractivity (Wildman–Crippen MR) is 144 cm³/mol. The summed E-state index contributed by atoms with van der Waals surface area (Å²) >= 11 is 0. The predicted octanol–water partition coefficient (Wildman–Crippen LogP) is 5.50. The number of fused-ring (bicyclic) bond motifs is 2. The Hall–Kier alpha value is -4.91. The van der Waals surface area contributed by atoms with Crippen molar-refractivity contribution in [1.29, 1.82) is 0 Å². The average molecular weight is 492 g/mol. The Morgan fingerprint density at radius 3 is 2.57 bits per heavy atom. The van der Waals surface area contributed by atoms with Gasteiger partial charge in [-0.1, -0.05) is 54.6 Å². The zero-order valence-electron chi connectivity index (χ0n) is 20.3. The summed E-state index contributed by atoms with van der Waals surface area (Å²) in [6.07, 6.45) is 3.22. The molecule has 1 heterocycles. The van der Waals surface area contributed by atoms with Gasteiger partial charge in [0.15, 0.2) is 18.1 Å². The molecule has 0 saturated carbocycles. The number of carbonyl (C=O) groups is 1. The number of aromatic nitrogens is 1. The number of pyridine rings is 1. The fourth-order valence-electron chi connectivity index (χ4n) is 3.92. The number of benzene rings is 4. The number of nitrogens with zero attached hydrogens (tertiary/aromatic N) is 2. The largest absolute Gasteiger partial charge is 0.493 e. The van der Waals surface area contributed by atoms with Gasteiger partial charge in [0.05, 0.1) is 13.3 Å². The Kier molecular flexibility index (Phi) is 7.22. The van der Waals surface area contributed by atoms with Crippen LogP contribution in [-0.4, -0.2) is 30.8 Å².